The fourth-order valence-electron chi connectivity index (χ4n) is 2.34. The zero-order valence-electron chi connectivity index (χ0n) is 11.2. The summed E-state index contributed by atoms with van der Waals surface area (Å²) in [7, 11) is 0. The Kier molecular flexibility index (Phi) is 6.61. The van der Waals surface area contributed by atoms with Crippen LogP contribution < -0.4 is 5.32 Å². The van der Waals surface area contributed by atoms with Gasteiger partial charge in [0.25, 0.3) is 0 Å². The Morgan fingerprint density at radius 2 is 2.06 bits per heavy atom. The lowest BCUT2D eigenvalue weighted by molar-refractivity contribution is 0.407. The van der Waals surface area contributed by atoms with E-state index in [-0.39, 0.29) is 0 Å². The summed E-state index contributed by atoms with van der Waals surface area (Å²) in [5.74, 6) is 1.26. The first-order valence-corrected chi connectivity index (χ1v) is 7.03. The van der Waals surface area contributed by atoms with Gasteiger partial charge in [0.15, 0.2) is 0 Å². The van der Waals surface area contributed by atoms with E-state index in [1.54, 1.807) is 0 Å². The van der Waals surface area contributed by atoms with Gasteiger partial charge in [0.05, 0.1) is 0 Å². The van der Waals surface area contributed by atoms with Crippen molar-refractivity contribution in [3.63, 3.8) is 0 Å². The normalized spacial score (nSPS) is 14.6. The average molecular weight is 254 g/mol. The Hall–Kier alpha value is -0.530. The molecule has 0 fully saturated rings. The minimum atomic E-state index is 0.564. The molecule has 0 heterocycles. The summed E-state index contributed by atoms with van der Waals surface area (Å²) >= 11 is 6.08. The number of hydrogen-bond donors (Lipinski definition) is 1. The van der Waals surface area contributed by atoms with Gasteiger partial charge in [-0.15, -0.1) is 0 Å². The van der Waals surface area contributed by atoms with Crippen LogP contribution in [0.2, 0.25) is 5.02 Å². The van der Waals surface area contributed by atoms with E-state index in [0.29, 0.717) is 11.8 Å². The van der Waals surface area contributed by atoms with Crippen LogP contribution in [0.25, 0.3) is 0 Å². The minimum absolute atomic E-state index is 0.564. The zero-order valence-corrected chi connectivity index (χ0v) is 11.9. The first-order chi connectivity index (χ1) is 8.19. The summed E-state index contributed by atoms with van der Waals surface area (Å²) in [5, 5.41) is 4.30. The van der Waals surface area contributed by atoms with Crippen molar-refractivity contribution in [3.05, 3.63) is 34.9 Å². The molecule has 0 saturated heterocycles. The van der Waals surface area contributed by atoms with Crippen molar-refractivity contribution in [2.24, 2.45) is 5.92 Å². The summed E-state index contributed by atoms with van der Waals surface area (Å²) < 4.78 is 0. The predicted octanol–water partition coefficient (Wildman–Crippen LogP) is 4.47. The molecule has 0 aliphatic heterocycles. The van der Waals surface area contributed by atoms with Crippen LogP contribution in [-0.4, -0.2) is 13.1 Å². The number of likely N-dealkylation sites (N-methyl/N-ethyl adjacent to an activating group) is 1. The molecule has 1 N–H and O–H groups in total. The molecule has 96 valence electrons. The highest BCUT2D eigenvalue weighted by Gasteiger charge is 2.18. The standard InChI is InChI=1S/C15H24ClN/c1-4-7-12(3)15(11-17-5-2)13-8-6-9-14(16)10-13/h6,8-10,12,15,17H,4-5,7,11H2,1-3H3. The fraction of sp³-hybridized carbons (Fsp3) is 0.600. The van der Waals surface area contributed by atoms with E-state index < -0.39 is 0 Å². The molecule has 0 saturated carbocycles. The second-order valence-corrected chi connectivity index (χ2v) is 5.17. The van der Waals surface area contributed by atoms with E-state index in [4.69, 9.17) is 11.6 Å². The number of rotatable bonds is 7. The maximum atomic E-state index is 6.08. The molecule has 1 aromatic carbocycles. The third-order valence-corrected chi connectivity index (χ3v) is 3.56. The molecule has 1 nitrogen and oxygen atoms in total. The molecular weight excluding hydrogens is 230 g/mol. The molecule has 2 atom stereocenters. The SMILES string of the molecule is CCCC(C)C(CNCC)c1cccc(Cl)c1. The van der Waals surface area contributed by atoms with Gasteiger partial charge in [-0.3, -0.25) is 0 Å². The Bertz CT molecular complexity index is 324. The Morgan fingerprint density at radius 1 is 1.29 bits per heavy atom. The van der Waals surface area contributed by atoms with Gasteiger partial charge in [0, 0.05) is 11.6 Å². The van der Waals surface area contributed by atoms with Crippen LogP contribution in [0.1, 0.15) is 45.1 Å². The van der Waals surface area contributed by atoms with Gasteiger partial charge in [0.1, 0.15) is 0 Å². The molecule has 0 bridgehead atoms. The molecule has 1 aromatic rings. The van der Waals surface area contributed by atoms with Gasteiger partial charge >= 0.3 is 0 Å². The van der Waals surface area contributed by atoms with Gasteiger partial charge in [0.2, 0.25) is 0 Å². The zero-order chi connectivity index (χ0) is 12.7. The maximum Gasteiger partial charge on any atom is 0.0408 e. The Labute approximate surface area is 111 Å². The molecule has 2 heteroatoms. The van der Waals surface area contributed by atoms with Crippen LogP contribution in [0.3, 0.4) is 0 Å². The summed E-state index contributed by atoms with van der Waals surface area (Å²) in [4.78, 5) is 0. The molecule has 0 aliphatic carbocycles. The monoisotopic (exact) mass is 253 g/mol. The van der Waals surface area contributed by atoms with Crippen molar-refractivity contribution in [1.82, 2.24) is 5.32 Å². The third kappa shape index (κ3) is 4.69. The molecule has 0 aromatic heterocycles. The molecular formula is C15H24ClN. The van der Waals surface area contributed by atoms with Gasteiger partial charge in [-0.2, -0.15) is 0 Å². The van der Waals surface area contributed by atoms with E-state index in [1.807, 2.05) is 6.07 Å². The highest BCUT2D eigenvalue weighted by atomic mass is 35.5. The number of nitrogens with one attached hydrogen (secondary N) is 1. The average Bonchev–Trinajstić information content (AvgIpc) is 2.30. The topological polar surface area (TPSA) is 12.0 Å². The Balaban J connectivity index is 2.81. The van der Waals surface area contributed by atoms with E-state index in [1.165, 1.54) is 18.4 Å². The molecule has 2 unspecified atom stereocenters. The number of hydrogen-bond acceptors (Lipinski definition) is 1. The number of halogens is 1. The molecule has 0 spiro atoms. The largest absolute Gasteiger partial charge is 0.316 e. The Morgan fingerprint density at radius 3 is 2.65 bits per heavy atom. The van der Waals surface area contributed by atoms with Crippen LogP contribution in [0, 0.1) is 5.92 Å². The lowest BCUT2D eigenvalue weighted by Crippen LogP contribution is -2.25. The van der Waals surface area contributed by atoms with E-state index in [9.17, 15) is 0 Å². The van der Waals surface area contributed by atoms with Gasteiger partial charge in [-0.25, -0.2) is 0 Å². The quantitative estimate of drug-likeness (QED) is 0.756. The van der Waals surface area contributed by atoms with Crippen LogP contribution in [0.4, 0.5) is 0 Å². The minimum Gasteiger partial charge on any atom is -0.316 e. The van der Waals surface area contributed by atoms with Gasteiger partial charge in [-0.05, 0) is 36.1 Å². The molecule has 1 rings (SSSR count). The number of benzene rings is 1. The molecule has 0 aliphatic rings. The second-order valence-electron chi connectivity index (χ2n) is 4.74. The van der Waals surface area contributed by atoms with Crippen molar-refractivity contribution >= 4 is 11.6 Å². The van der Waals surface area contributed by atoms with Crippen LogP contribution in [0.15, 0.2) is 24.3 Å². The lowest BCUT2D eigenvalue weighted by Gasteiger charge is -2.24. The summed E-state index contributed by atoms with van der Waals surface area (Å²) in [5.41, 5.74) is 1.36. The third-order valence-electron chi connectivity index (χ3n) is 3.32. The van der Waals surface area contributed by atoms with Crippen LogP contribution in [0.5, 0.6) is 0 Å². The molecule has 17 heavy (non-hydrogen) atoms. The first-order valence-electron chi connectivity index (χ1n) is 6.65. The summed E-state index contributed by atoms with van der Waals surface area (Å²) in [6.45, 7) is 8.80. The van der Waals surface area contributed by atoms with E-state index in [0.717, 1.165) is 18.1 Å². The van der Waals surface area contributed by atoms with E-state index in [2.05, 4.69) is 44.3 Å². The fourth-order valence-corrected chi connectivity index (χ4v) is 2.54. The van der Waals surface area contributed by atoms with Crippen molar-refractivity contribution < 1.29 is 0 Å². The highest BCUT2D eigenvalue weighted by molar-refractivity contribution is 6.30. The van der Waals surface area contributed by atoms with Crippen LogP contribution in [-0.2, 0) is 0 Å². The van der Waals surface area contributed by atoms with Crippen molar-refractivity contribution in [2.45, 2.75) is 39.5 Å². The van der Waals surface area contributed by atoms with Crippen molar-refractivity contribution in [1.29, 1.82) is 0 Å². The second kappa shape index (κ2) is 7.73. The lowest BCUT2D eigenvalue weighted by atomic mass is 9.84. The predicted molar refractivity (Wildman–Crippen MR) is 76.8 cm³/mol. The maximum absolute atomic E-state index is 6.08. The van der Waals surface area contributed by atoms with Crippen molar-refractivity contribution in [3.8, 4) is 0 Å². The van der Waals surface area contributed by atoms with Gasteiger partial charge in [-0.1, -0.05) is 57.3 Å². The smallest absolute Gasteiger partial charge is 0.0408 e. The first kappa shape index (κ1) is 14.5. The summed E-state index contributed by atoms with van der Waals surface area (Å²) in [6, 6.07) is 8.30. The van der Waals surface area contributed by atoms with E-state index >= 15 is 0 Å². The summed E-state index contributed by atoms with van der Waals surface area (Å²) in [6.07, 6.45) is 2.51. The highest BCUT2D eigenvalue weighted by Crippen LogP contribution is 2.28. The molecule has 0 amide bonds. The molecule has 0 radical (unpaired) electrons. The van der Waals surface area contributed by atoms with Gasteiger partial charge < -0.3 is 5.32 Å². The van der Waals surface area contributed by atoms with Crippen molar-refractivity contribution in [2.75, 3.05) is 13.1 Å². The van der Waals surface area contributed by atoms with Crippen LogP contribution >= 0.6 is 11.6 Å².